The van der Waals surface area contributed by atoms with Crippen molar-refractivity contribution in [2.75, 3.05) is 6.54 Å². The zero-order chi connectivity index (χ0) is 12.0. The summed E-state index contributed by atoms with van der Waals surface area (Å²) in [6, 6.07) is -0.373. The second-order valence-electron chi connectivity index (χ2n) is 3.79. The standard InChI is InChI=1S/C11H19N3OS/c1-3-4-10(12)11(15)13-6-5-9-7-16-8(2)14-9/h7,10H,3-6,12H2,1-2H3,(H,13,15)/t10-/m1/s1. The minimum atomic E-state index is -0.373. The van der Waals surface area contributed by atoms with Crippen LogP contribution in [0.4, 0.5) is 0 Å². The van der Waals surface area contributed by atoms with Crippen LogP contribution in [0.5, 0.6) is 0 Å². The van der Waals surface area contributed by atoms with Crippen LogP contribution in [0.3, 0.4) is 0 Å². The molecule has 16 heavy (non-hydrogen) atoms. The van der Waals surface area contributed by atoms with Crippen molar-refractivity contribution in [2.24, 2.45) is 5.73 Å². The highest BCUT2D eigenvalue weighted by Crippen LogP contribution is 2.07. The molecule has 0 saturated carbocycles. The van der Waals surface area contributed by atoms with Crippen molar-refractivity contribution in [1.82, 2.24) is 10.3 Å². The van der Waals surface area contributed by atoms with Gasteiger partial charge in [0.1, 0.15) is 0 Å². The molecule has 3 N–H and O–H groups in total. The highest BCUT2D eigenvalue weighted by Gasteiger charge is 2.11. The fourth-order valence-corrected chi connectivity index (χ4v) is 2.06. The van der Waals surface area contributed by atoms with Crippen LogP contribution in [0, 0.1) is 6.92 Å². The Bertz CT molecular complexity index is 338. The van der Waals surface area contributed by atoms with Crippen molar-refractivity contribution in [3.63, 3.8) is 0 Å². The minimum absolute atomic E-state index is 0.0613. The molecule has 0 fully saturated rings. The predicted molar refractivity (Wildman–Crippen MR) is 66.4 cm³/mol. The van der Waals surface area contributed by atoms with Crippen LogP contribution >= 0.6 is 11.3 Å². The Labute approximate surface area is 100 Å². The number of carbonyl (C=O) groups is 1. The molecule has 0 saturated heterocycles. The highest BCUT2D eigenvalue weighted by molar-refractivity contribution is 7.09. The first-order valence-corrected chi connectivity index (χ1v) is 6.45. The zero-order valence-electron chi connectivity index (χ0n) is 9.82. The van der Waals surface area contributed by atoms with Crippen molar-refractivity contribution in [3.8, 4) is 0 Å². The number of amides is 1. The number of carbonyl (C=O) groups excluding carboxylic acids is 1. The molecule has 0 bridgehead atoms. The van der Waals surface area contributed by atoms with Gasteiger partial charge in [-0.25, -0.2) is 4.98 Å². The van der Waals surface area contributed by atoms with Crippen LogP contribution < -0.4 is 11.1 Å². The number of aryl methyl sites for hydroxylation is 1. The summed E-state index contributed by atoms with van der Waals surface area (Å²) >= 11 is 1.63. The molecular formula is C11H19N3OS. The summed E-state index contributed by atoms with van der Waals surface area (Å²) in [5, 5.41) is 5.91. The van der Waals surface area contributed by atoms with Crippen molar-refractivity contribution in [3.05, 3.63) is 16.1 Å². The lowest BCUT2D eigenvalue weighted by atomic mass is 10.1. The zero-order valence-corrected chi connectivity index (χ0v) is 10.6. The maximum absolute atomic E-state index is 11.5. The fraction of sp³-hybridized carbons (Fsp3) is 0.636. The van der Waals surface area contributed by atoms with E-state index in [2.05, 4.69) is 10.3 Å². The molecule has 0 aliphatic heterocycles. The molecule has 0 aliphatic carbocycles. The van der Waals surface area contributed by atoms with Crippen LogP contribution in [0.25, 0.3) is 0 Å². The average molecular weight is 241 g/mol. The van der Waals surface area contributed by atoms with Gasteiger partial charge in [-0.15, -0.1) is 11.3 Å². The first-order chi connectivity index (χ1) is 7.63. The van der Waals surface area contributed by atoms with Crippen LogP contribution in [0.1, 0.15) is 30.5 Å². The van der Waals surface area contributed by atoms with Crippen LogP contribution in [-0.4, -0.2) is 23.5 Å². The second-order valence-corrected chi connectivity index (χ2v) is 4.86. The highest BCUT2D eigenvalue weighted by atomic mass is 32.1. The van der Waals surface area contributed by atoms with E-state index in [-0.39, 0.29) is 11.9 Å². The quantitative estimate of drug-likeness (QED) is 0.787. The van der Waals surface area contributed by atoms with Gasteiger partial charge in [0.25, 0.3) is 0 Å². The number of nitrogens with two attached hydrogens (primary N) is 1. The van der Waals surface area contributed by atoms with Crippen LogP contribution in [0.2, 0.25) is 0 Å². The van der Waals surface area contributed by atoms with Gasteiger partial charge in [-0.3, -0.25) is 4.79 Å². The topological polar surface area (TPSA) is 68.0 Å². The fourth-order valence-electron chi connectivity index (χ4n) is 1.41. The van der Waals surface area contributed by atoms with E-state index in [1.165, 1.54) is 0 Å². The largest absolute Gasteiger partial charge is 0.354 e. The SMILES string of the molecule is CCC[C@@H](N)C(=O)NCCc1csc(C)n1. The summed E-state index contributed by atoms with van der Waals surface area (Å²) < 4.78 is 0. The second kappa shape index (κ2) is 6.60. The third-order valence-corrected chi connectivity index (χ3v) is 3.11. The molecule has 0 aliphatic rings. The van der Waals surface area contributed by atoms with Gasteiger partial charge in [-0.2, -0.15) is 0 Å². The molecule has 0 unspecified atom stereocenters. The van der Waals surface area contributed by atoms with E-state index < -0.39 is 0 Å². The van der Waals surface area contributed by atoms with E-state index in [9.17, 15) is 4.79 Å². The summed E-state index contributed by atoms with van der Waals surface area (Å²) in [5.41, 5.74) is 6.72. The lowest BCUT2D eigenvalue weighted by molar-refractivity contribution is -0.122. The monoisotopic (exact) mass is 241 g/mol. The molecule has 1 atom stereocenters. The lowest BCUT2D eigenvalue weighted by Crippen LogP contribution is -2.41. The number of aromatic nitrogens is 1. The molecular weight excluding hydrogens is 222 g/mol. The summed E-state index contributed by atoms with van der Waals surface area (Å²) in [6.45, 7) is 4.61. The average Bonchev–Trinajstić information content (AvgIpc) is 2.64. The van der Waals surface area contributed by atoms with Gasteiger partial charge in [-0.1, -0.05) is 13.3 Å². The number of thiazole rings is 1. The van der Waals surface area contributed by atoms with Gasteiger partial charge in [-0.05, 0) is 13.3 Å². The van der Waals surface area contributed by atoms with Gasteiger partial charge in [0.15, 0.2) is 0 Å². The van der Waals surface area contributed by atoms with Gasteiger partial charge < -0.3 is 11.1 Å². The maximum Gasteiger partial charge on any atom is 0.236 e. The first kappa shape index (κ1) is 13.1. The molecule has 5 heteroatoms. The Morgan fingerprint density at radius 1 is 1.69 bits per heavy atom. The lowest BCUT2D eigenvalue weighted by Gasteiger charge is -2.10. The van der Waals surface area contributed by atoms with Crippen molar-refractivity contribution in [2.45, 2.75) is 39.2 Å². The predicted octanol–water partition coefficient (Wildman–Crippen LogP) is 1.24. The number of nitrogens with zero attached hydrogens (tertiary/aromatic N) is 1. The van der Waals surface area contributed by atoms with Gasteiger partial charge in [0.2, 0.25) is 5.91 Å². The summed E-state index contributed by atoms with van der Waals surface area (Å²) in [4.78, 5) is 15.8. The third-order valence-electron chi connectivity index (χ3n) is 2.28. The molecule has 90 valence electrons. The van der Waals surface area contributed by atoms with Gasteiger partial charge >= 0.3 is 0 Å². The molecule has 1 aromatic rings. The van der Waals surface area contributed by atoms with Crippen LogP contribution in [-0.2, 0) is 11.2 Å². The van der Waals surface area contributed by atoms with Crippen molar-refractivity contribution >= 4 is 17.2 Å². The molecule has 0 radical (unpaired) electrons. The van der Waals surface area contributed by atoms with Crippen molar-refractivity contribution in [1.29, 1.82) is 0 Å². The van der Waals surface area contributed by atoms with Gasteiger partial charge in [0.05, 0.1) is 16.7 Å². The van der Waals surface area contributed by atoms with E-state index in [0.29, 0.717) is 6.54 Å². The Kier molecular flexibility index (Phi) is 5.42. The number of nitrogens with one attached hydrogen (secondary N) is 1. The third kappa shape index (κ3) is 4.28. The van der Waals surface area contributed by atoms with E-state index in [0.717, 1.165) is 30.0 Å². The van der Waals surface area contributed by atoms with E-state index in [4.69, 9.17) is 5.73 Å². The Balaban J connectivity index is 2.22. The summed E-state index contributed by atoms with van der Waals surface area (Å²) in [5.74, 6) is -0.0613. The smallest absolute Gasteiger partial charge is 0.236 e. The van der Waals surface area contributed by atoms with E-state index >= 15 is 0 Å². The number of rotatable bonds is 6. The normalized spacial score (nSPS) is 12.4. The molecule has 0 spiro atoms. The van der Waals surface area contributed by atoms with Crippen molar-refractivity contribution < 1.29 is 4.79 Å². The molecule has 0 aromatic carbocycles. The summed E-state index contributed by atoms with van der Waals surface area (Å²) in [7, 11) is 0. The molecule has 1 rings (SSSR count). The number of hydrogen-bond donors (Lipinski definition) is 2. The summed E-state index contributed by atoms with van der Waals surface area (Å²) in [6.07, 6.45) is 2.44. The Morgan fingerprint density at radius 3 is 3.00 bits per heavy atom. The molecule has 1 aromatic heterocycles. The molecule has 4 nitrogen and oxygen atoms in total. The molecule has 1 heterocycles. The maximum atomic E-state index is 11.5. The Morgan fingerprint density at radius 2 is 2.44 bits per heavy atom. The van der Waals surface area contributed by atoms with Crippen LogP contribution in [0.15, 0.2) is 5.38 Å². The Hall–Kier alpha value is -0.940. The number of hydrogen-bond acceptors (Lipinski definition) is 4. The van der Waals surface area contributed by atoms with E-state index in [1.807, 2.05) is 19.2 Å². The van der Waals surface area contributed by atoms with Gasteiger partial charge in [0, 0.05) is 18.3 Å². The molecule has 1 amide bonds. The first-order valence-electron chi connectivity index (χ1n) is 5.57. The van der Waals surface area contributed by atoms with E-state index in [1.54, 1.807) is 11.3 Å². The minimum Gasteiger partial charge on any atom is -0.354 e.